The van der Waals surface area contributed by atoms with E-state index in [1.54, 1.807) is 0 Å². The molecule has 0 aromatic carbocycles. The van der Waals surface area contributed by atoms with Gasteiger partial charge in [-0.25, -0.2) is 0 Å². The number of piperazine rings is 3. The minimum absolute atomic E-state index is 0.0348. The van der Waals surface area contributed by atoms with E-state index in [1.807, 2.05) is 11.8 Å². The molecule has 2 bridgehead atoms. The van der Waals surface area contributed by atoms with Crippen molar-refractivity contribution in [3.8, 4) is 0 Å². The first kappa shape index (κ1) is 14.5. The quantitative estimate of drug-likeness (QED) is 0.766. The van der Waals surface area contributed by atoms with E-state index in [0.717, 1.165) is 65.0 Å². The average molecular weight is 310 g/mol. The molecule has 21 heavy (non-hydrogen) atoms. The molecule has 5 aliphatic rings. The van der Waals surface area contributed by atoms with Crippen LogP contribution in [0.2, 0.25) is 0 Å². The summed E-state index contributed by atoms with van der Waals surface area (Å²) >= 11 is 2.03. The molecule has 0 aliphatic carbocycles. The second-order valence-corrected chi connectivity index (χ2v) is 8.31. The van der Waals surface area contributed by atoms with Crippen LogP contribution in [0.3, 0.4) is 0 Å². The van der Waals surface area contributed by atoms with Crippen LogP contribution in [0.5, 0.6) is 0 Å². The van der Waals surface area contributed by atoms with Gasteiger partial charge in [0.15, 0.2) is 5.78 Å². The lowest BCUT2D eigenvalue weighted by Gasteiger charge is -2.49. The predicted molar refractivity (Wildman–Crippen MR) is 84.8 cm³/mol. The highest BCUT2D eigenvalue weighted by Gasteiger charge is 2.45. The molecule has 0 aromatic heterocycles. The Hall–Kier alpha value is -0.100. The third kappa shape index (κ3) is 2.78. The second kappa shape index (κ2) is 5.84. The molecule has 4 nitrogen and oxygen atoms in total. The van der Waals surface area contributed by atoms with Gasteiger partial charge in [0.25, 0.3) is 0 Å². The zero-order chi connectivity index (χ0) is 14.3. The normalized spacial score (nSPS) is 42.1. The number of carbonyl (C=O) groups excluding carboxylic acids is 1. The fraction of sp³-hybridized carbons (Fsp3) is 0.938. The molecule has 1 spiro atoms. The number of ether oxygens (including phenoxy) is 1. The summed E-state index contributed by atoms with van der Waals surface area (Å²) in [6.07, 6.45) is 4.21. The number of hydrogen-bond donors (Lipinski definition) is 0. The molecule has 0 saturated carbocycles. The van der Waals surface area contributed by atoms with Gasteiger partial charge < -0.3 is 4.74 Å². The van der Waals surface area contributed by atoms with E-state index in [-0.39, 0.29) is 17.6 Å². The van der Waals surface area contributed by atoms with Crippen LogP contribution in [0.1, 0.15) is 25.7 Å². The maximum Gasteiger partial charge on any atom is 0.154 e. The summed E-state index contributed by atoms with van der Waals surface area (Å²) in [5.41, 5.74) is 0.0348. The SMILES string of the molecule is O=C(C1CCOC2(CCSCC2)C1)C1CN2CCN1CC2. The Labute approximate surface area is 131 Å². The summed E-state index contributed by atoms with van der Waals surface area (Å²) in [6.45, 7) is 6.23. The summed E-state index contributed by atoms with van der Waals surface area (Å²) in [6, 6.07) is 0.172. The van der Waals surface area contributed by atoms with Crippen molar-refractivity contribution in [1.29, 1.82) is 0 Å². The molecule has 0 N–H and O–H groups in total. The molecule has 5 saturated heterocycles. The Kier molecular flexibility index (Phi) is 4.03. The van der Waals surface area contributed by atoms with Crippen LogP contribution in [0.4, 0.5) is 0 Å². The average Bonchev–Trinajstić information content (AvgIpc) is 2.56. The topological polar surface area (TPSA) is 32.8 Å². The van der Waals surface area contributed by atoms with E-state index in [0.29, 0.717) is 5.78 Å². The minimum Gasteiger partial charge on any atom is -0.375 e. The van der Waals surface area contributed by atoms with Crippen LogP contribution in [-0.4, -0.2) is 78.1 Å². The summed E-state index contributed by atoms with van der Waals surface area (Å²) < 4.78 is 6.15. The molecular formula is C16H26N2O2S. The van der Waals surface area contributed by atoms with Crippen LogP contribution in [0.25, 0.3) is 0 Å². The molecule has 0 aromatic rings. The van der Waals surface area contributed by atoms with Gasteiger partial charge in [0.05, 0.1) is 11.6 Å². The monoisotopic (exact) mass is 310 g/mol. The van der Waals surface area contributed by atoms with Gasteiger partial charge in [0.2, 0.25) is 0 Å². The Morgan fingerprint density at radius 3 is 2.57 bits per heavy atom. The van der Waals surface area contributed by atoms with E-state index in [4.69, 9.17) is 4.74 Å². The Morgan fingerprint density at radius 2 is 1.90 bits per heavy atom. The highest BCUT2D eigenvalue weighted by atomic mass is 32.2. The van der Waals surface area contributed by atoms with Gasteiger partial charge >= 0.3 is 0 Å². The number of nitrogens with zero attached hydrogens (tertiary/aromatic N) is 2. The lowest BCUT2D eigenvalue weighted by atomic mass is 9.78. The van der Waals surface area contributed by atoms with E-state index in [9.17, 15) is 4.79 Å². The van der Waals surface area contributed by atoms with Crippen molar-refractivity contribution >= 4 is 17.5 Å². The molecular weight excluding hydrogens is 284 g/mol. The molecule has 5 heteroatoms. The maximum absolute atomic E-state index is 13.0. The van der Waals surface area contributed by atoms with Crippen LogP contribution >= 0.6 is 11.8 Å². The molecule has 0 amide bonds. The minimum atomic E-state index is 0.0348. The number of hydrogen-bond acceptors (Lipinski definition) is 5. The Morgan fingerprint density at radius 1 is 1.14 bits per heavy atom. The lowest BCUT2D eigenvalue weighted by molar-refractivity contribution is -0.147. The zero-order valence-electron chi connectivity index (χ0n) is 12.8. The molecule has 5 fully saturated rings. The standard InChI is InChI=1S/C16H26N2O2S/c19-15(14-12-17-4-6-18(14)7-5-17)13-1-8-20-16(11-13)2-9-21-10-3-16/h13-14H,1-12H2. The predicted octanol–water partition coefficient (Wildman–Crippen LogP) is 1.25. The van der Waals surface area contributed by atoms with Gasteiger partial charge in [0.1, 0.15) is 0 Å². The number of carbonyl (C=O) groups is 1. The van der Waals surface area contributed by atoms with E-state index in [1.165, 1.54) is 11.5 Å². The molecule has 5 rings (SSSR count). The third-order valence-electron chi connectivity index (χ3n) is 5.91. The maximum atomic E-state index is 13.0. The van der Waals surface area contributed by atoms with Gasteiger partial charge in [-0.2, -0.15) is 11.8 Å². The first-order valence-corrected chi connectivity index (χ1v) is 9.63. The first-order chi connectivity index (χ1) is 10.3. The van der Waals surface area contributed by atoms with Crippen molar-refractivity contribution in [1.82, 2.24) is 9.80 Å². The van der Waals surface area contributed by atoms with Crippen LogP contribution in [0, 0.1) is 5.92 Å². The number of thioether (sulfide) groups is 1. The summed E-state index contributed by atoms with van der Waals surface area (Å²) in [5.74, 6) is 3.15. The van der Waals surface area contributed by atoms with Crippen molar-refractivity contribution in [2.45, 2.75) is 37.3 Å². The van der Waals surface area contributed by atoms with E-state index in [2.05, 4.69) is 9.80 Å². The van der Waals surface area contributed by atoms with Gasteiger partial charge in [-0.15, -0.1) is 0 Å². The van der Waals surface area contributed by atoms with Crippen LogP contribution in [-0.2, 0) is 9.53 Å². The van der Waals surface area contributed by atoms with Gasteiger partial charge in [-0.05, 0) is 37.2 Å². The smallest absolute Gasteiger partial charge is 0.154 e. The fourth-order valence-electron chi connectivity index (χ4n) is 4.52. The summed E-state index contributed by atoms with van der Waals surface area (Å²) in [5, 5.41) is 0. The molecule has 5 aliphatic heterocycles. The largest absolute Gasteiger partial charge is 0.375 e. The molecule has 2 unspecified atom stereocenters. The van der Waals surface area contributed by atoms with Crippen molar-refractivity contribution in [3.63, 3.8) is 0 Å². The van der Waals surface area contributed by atoms with Gasteiger partial charge in [-0.1, -0.05) is 0 Å². The number of fused-ring (bicyclic) bond motifs is 3. The number of rotatable bonds is 2. The Balaban J connectivity index is 1.44. The summed E-state index contributed by atoms with van der Waals surface area (Å²) in [7, 11) is 0. The Bertz CT molecular complexity index is 398. The zero-order valence-corrected chi connectivity index (χ0v) is 13.6. The second-order valence-electron chi connectivity index (χ2n) is 7.09. The third-order valence-corrected chi connectivity index (χ3v) is 6.89. The fourth-order valence-corrected chi connectivity index (χ4v) is 5.76. The van der Waals surface area contributed by atoms with E-state index >= 15 is 0 Å². The van der Waals surface area contributed by atoms with E-state index < -0.39 is 0 Å². The lowest BCUT2D eigenvalue weighted by Crippen LogP contribution is -2.64. The number of Topliss-reactive ketones (excluding diaryl/α,β-unsaturated/α-hetero) is 1. The first-order valence-electron chi connectivity index (χ1n) is 8.48. The summed E-state index contributed by atoms with van der Waals surface area (Å²) in [4.78, 5) is 17.9. The number of ketones is 1. The van der Waals surface area contributed by atoms with Crippen molar-refractivity contribution < 1.29 is 9.53 Å². The van der Waals surface area contributed by atoms with Gasteiger partial charge in [-0.3, -0.25) is 14.6 Å². The van der Waals surface area contributed by atoms with Crippen molar-refractivity contribution in [3.05, 3.63) is 0 Å². The molecule has 5 heterocycles. The molecule has 2 atom stereocenters. The van der Waals surface area contributed by atoms with Gasteiger partial charge in [0, 0.05) is 45.2 Å². The van der Waals surface area contributed by atoms with Crippen molar-refractivity contribution in [2.75, 3.05) is 50.8 Å². The van der Waals surface area contributed by atoms with Crippen LogP contribution in [0.15, 0.2) is 0 Å². The van der Waals surface area contributed by atoms with Crippen molar-refractivity contribution in [2.24, 2.45) is 5.92 Å². The van der Waals surface area contributed by atoms with Crippen LogP contribution < -0.4 is 0 Å². The highest BCUT2D eigenvalue weighted by molar-refractivity contribution is 7.99. The molecule has 0 radical (unpaired) electrons. The molecule has 118 valence electrons. The highest BCUT2D eigenvalue weighted by Crippen LogP contribution is 2.40.